The number of pyridine rings is 1. The number of hydrogen-bond acceptors (Lipinski definition) is 8. The molecule has 5 aromatic rings. The van der Waals surface area contributed by atoms with Crippen LogP contribution in [0.5, 0.6) is 5.75 Å². The zero-order valence-electron chi connectivity index (χ0n) is 22.3. The van der Waals surface area contributed by atoms with Gasteiger partial charge in [-0.3, -0.25) is 9.69 Å². The molecule has 3 aromatic heterocycles. The van der Waals surface area contributed by atoms with Gasteiger partial charge in [0, 0.05) is 37.4 Å². The third-order valence-electron chi connectivity index (χ3n) is 7.42. The SMILES string of the molecule is COc1ccc(N2CCN(C(c3cc4cc(C)cc(C)c4[nH]c3=O)c3nnnn3Cc3ccco3)CC2)cc1. The fourth-order valence-corrected chi connectivity index (χ4v) is 5.51. The highest BCUT2D eigenvalue weighted by molar-refractivity contribution is 5.83. The molecule has 1 atom stereocenters. The number of ether oxygens (including phenoxy) is 1. The van der Waals surface area contributed by atoms with E-state index in [0.29, 0.717) is 17.9 Å². The van der Waals surface area contributed by atoms with Crippen molar-refractivity contribution in [3.05, 3.63) is 99.5 Å². The smallest absolute Gasteiger partial charge is 0.253 e. The number of rotatable bonds is 7. The number of fused-ring (bicyclic) bond motifs is 1. The molecule has 6 rings (SSSR count). The number of aromatic amines is 1. The lowest BCUT2D eigenvalue weighted by Crippen LogP contribution is -2.49. The zero-order valence-corrected chi connectivity index (χ0v) is 22.3. The van der Waals surface area contributed by atoms with Gasteiger partial charge < -0.3 is 19.0 Å². The normalized spacial score (nSPS) is 15.1. The third-order valence-corrected chi connectivity index (χ3v) is 7.42. The molecular weight excluding hydrogens is 494 g/mol. The van der Waals surface area contributed by atoms with Gasteiger partial charge >= 0.3 is 0 Å². The van der Waals surface area contributed by atoms with Crippen molar-refractivity contribution >= 4 is 16.6 Å². The number of aryl methyl sites for hydroxylation is 2. The largest absolute Gasteiger partial charge is 0.497 e. The highest BCUT2D eigenvalue weighted by Crippen LogP contribution is 2.30. The maximum absolute atomic E-state index is 13.6. The molecule has 10 heteroatoms. The van der Waals surface area contributed by atoms with E-state index in [-0.39, 0.29) is 5.56 Å². The summed E-state index contributed by atoms with van der Waals surface area (Å²) in [5, 5.41) is 13.7. The molecule has 1 saturated heterocycles. The molecule has 4 heterocycles. The Morgan fingerprint density at radius 2 is 1.85 bits per heavy atom. The third kappa shape index (κ3) is 4.90. The highest BCUT2D eigenvalue weighted by atomic mass is 16.5. The Kier molecular flexibility index (Phi) is 6.62. The summed E-state index contributed by atoms with van der Waals surface area (Å²) >= 11 is 0. The molecule has 1 unspecified atom stereocenters. The van der Waals surface area contributed by atoms with Crippen LogP contribution in [-0.2, 0) is 6.54 Å². The van der Waals surface area contributed by atoms with Crippen molar-refractivity contribution in [3.8, 4) is 5.75 Å². The molecule has 200 valence electrons. The van der Waals surface area contributed by atoms with Crippen LogP contribution in [-0.4, -0.2) is 63.4 Å². The first-order chi connectivity index (χ1) is 19.0. The number of furan rings is 1. The number of methoxy groups -OCH3 is 1. The van der Waals surface area contributed by atoms with E-state index in [0.717, 1.165) is 65.4 Å². The second-order valence-electron chi connectivity index (χ2n) is 10.00. The Balaban J connectivity index is 1.38. The molecule has 1 aliphatic rings. The summed E-state index contributed by atoms with van der Waals surface area (Å²) < 4.78 is 12.6. The lowest BCUT2D eigenvalue weighted by molar-refractivity contribution is 0.200. The molecule has 1 N–H and O–H groups in total. The summed E-state index contributed by atoms with van der Waals surface area (Å²) in [6, 6.07) is 17.6. The van der Waals surface area contributed by atoms with Crippen LogP contribution >= 0.6 is 0 Å². The first kappa shape index (κ1) is 24.9. The van der Waals surface area contributed by atoms with Crippen molar-refractivity contribution in [2.24, 2.45) is 0 Å². The van der Waals surface area contributed by atoms with Gasteiger partial charge in [-0.15, -0.1) is 5.10 Å². The maximum Gasteiger partial charge on any atom is 0.253 e. The monoisotopic (exact) mass is 525 g/mol. The van der Waals surface area contributed by atoms with Crippen LogP contribution in [0.4, 0.5) is 5.69 Å². The number of anilines is 1. The van der Waals surface area contributed by atoms with Gasteiger partial charge in [0.05, 0.1) is 18.9 Å². The maximum atomic E-state index is 13.6. The average Bonchev–Trinajstić information content (AvgIpc) is 3.63. The summed E-state index contributed by atoms with van der Waals surface area (Å²) in [5.74, 6) is 2.19. The van der Waals surface area contributed by atoms with Gasteiger partial charge in [-0.2, -0.15) is 0 Å². The van der Waals surface area contributed by atoms with Gasteiger partial charge in [-0.05, 0) is 83.8 Å². The lowest BCUT2D eigenvalue weighted by Gasteiger charge is -2.39. The van der Waals surface area contributed by atoms with Gasteiger partial charge in [-0.25, -0.2) is 4.68 Å². The van der Waals surface area contributed by atoms with E-state index in [4.69, 9.17) is 9.15 Å². The van der Waals surface area contributed by atoms with Gasteiger partial charge in [0.15, 0.2) is 5.82 Å². The molecule has 0 aliphatic carbocycles. The van der Waals surface area contributed by atoms with Gasteiger partial charge in [0.2, 0.25) is 0 Å². The first-order valence-electron chi connectivity index (χ1n) is 13.1. The molecule has 0 bridgehead atoms. The van der Waals surface area contributed by atoms with Crippen molar-refractivity contribution in [3.63, 3.8) is 0 Å². The summed E-state index contributed by atoms with van der Waals surface area (Å²) in [5.41, 5.74) is 4.67. The zero-order chi connectivity index (χ0) is 26.9. The number of piperazine rings is 1. The van der Waals surface area contributed by atoms with Crippen LogP contribution in [0.2, 0.25) is 0 Å². The molecule has 2 aromatic carbocycles. The highest BCUT2D eigenvalue weighted by Gasteiger charge is 2.33. The van der Waals surface area contributed by atoms with E-state index in [1.807, 2.05) is 37.3 Å². The molecule has 1 fully saturated rings. The predicted molar refractivity (Wildman–Crippen MR) is 148 cm³/mol. The van der Waals surface area contributed by atoms with E-state index < -0.39 is 6.04 Å². The van der Waals surface area contributed by atoms with Gasteiger partial charge in [-0.1, -0.05) is 11.6 Å². The van der Waals surface area contributed by atoms with Crippen molar-refractivity contribution in [2.45, 2.75) is 26.4 Å². The van der Waals surface area contributed by atoms with Crippen molar-refractivity contribution in [1.82, 2.24) is 30.1 Å². The summed E-state index contributed by atoms with van der Waals surface area (Å²) in [4.78, 5) is 21.4. The van der Waals surface area contributed by atoms with Crippen LogP contribution in [0, 0.1) is 13.8 Å². The number of nitrogens with zero attached hydrogens (tertiary/aromatic N) is 6. The molecule has 39 heavy (non-hydrogen) atoms. The van der Waals surface area contributed by atoms with Crippen LogP contribution in [0.1, 0.15) is 34.3 Å². The van der Waals surface area contributed by atoms with Crippen molar-refractivity contribution in [1.29, 1.82) is 0 Å². The first-order valence-corrected chi connectivity index (χ1v) is 13.1. The number of hydrogen-bond donors (Lipinski definition) is 1. The Morgan fingerprint density at radius 1 is 1.05 bits per heavy atom. The van der Waals surface area contributed by atoms with Gasteiger partial charge in [0.1, 0.15) is 24.1 Å². The minimum atomic E-state index is -0.429. The van der Waals surface area contributed by atoms with E-state index in [9.17, 15) is 4.79 Å². The van der Waals surface area contributed by atoms with Crippen LogP contribution in [0.15, 0.2) is 70.1 Å². The number of nitrogens with one attached hydrogen (secondary N) is 1. The molecule has 1 aliphatic heterocycles. The fraction of sp³-hybridized carbons (Fsp3) is 0.310. The van der Waals surface area contributed by atoms with Crippen LogP contribution in [0.3, 0.4) is 0 Å². The molecule has 10 nitrogen and oxygen atoms in total. The fourth-order valence-electron chi connectivity index (χ4n) is 5.51. The summed E-state index contributed by atoms with van der Waals surface area (Å²) in [6.07, 6.45) is 1.63. The predicted octanol–water partition coefficient (Wildman–Crippen LogP) is 3.69. The quantitative estimate of drug-likeness (QED) is 0.343. The molecule has 0 amide bonds. The van der Waals surface area contributed by atoms with E-state index >= 15 is 0 Å². The lowest BCUT2D eigenvalue weighted by atomic mass is 10.00. The number of tetrazole rings is 1. The van der Waals surface area contributed by atoms with E-state index in [1.54, 1.807) is 18.1 Å². The molecule has 0 radical (unpaired) electrons. The second-order valence-corrected chi connectivity index (χ2v) is 10.00. The molecule has 0 spiro atoms. The van der Waals surface area contributed by atoms with E-state index in [2.05, 4.69) is 61.5 Å². The Morgan fingerprint density at radius 3 is 2.56 bits per heavy atom. The number of H-pyrrole nitrogens is 1. The topological polar surface area (TPSA) is 105 Å². The van der Waals surface area contributed by atoms with E-state index in [1.165, 1.54) is 0 Å². The summed E-state index contributed by atoms with van der Waals surface area (Å²) in [7, 11) is 1.67. The second kappa shape index (κ2) is 10.4. The van der Waals surface area contributed by atoms with Crippen molar-refractivity contribution < 1.29 is 9.15 Å². The molecular formula is C29H31N7O3. The Labute approximate surface area is 225 Å². The summed E-state index contributed by atoms with van der Waals surface area (Å²) in [6.45, 7) is 7.52. The minimum absolute atomic E-state index is 0.135. The van der Waals surface area contributed by atoms with Crippen LogP contribution < -0.4 is 15.2 Å². The van der Waals surface area contributed by atoms with Crippen molar-refractivity contribution in [2.75, 3.05) is 38.2 Å². The minimum Gasteiger partial charge on any atom is -0.497 e. The average molecular weight is 526 g/mol. The van der Waals surface area contributed by atoms with Crippen LogP contribution in [0.25, 0.3) is 10.9 Å². The number of benzene rings is 2. The Bertz CT molecular complexity index is 1630. The Hall–Kier alpha value is -4.44. The van der Waals surface area contributed by atoms with Gasteiger partial charge in [0.25, 0.3) is 5.56 Å². The number of aromatic nitrogens is 5. The molecule has 0 saturated carbocycles. The standard InChI is InChI=1S/C29H31N7O3/c1-19-15-20(2)26-21(16-19)17-25(29(37)30-26)27(28-31-32-33-36(28)18-24-5-4-14-39-24)35-12-10-34(11-13-35)22-6-8-23(38-3)9-7-22/h4-9,14-17,27H,10-13,18H2,1-3H3,(H,30,37).